The highest BCUT2D eigenvalue weighted by atomic mass is 79.9. The van der Waals surface area contributed by atoms with Crippen LogP contribution in [0.2, 0.25) is 0 Å². The molecule has 1 unspecified atom stereocenters. The molecular weight excluding hydrogens is 635 g/mol. The van der Waals surface area contributed by atoms with E-state index in [1.807, 2.05) is 0 Å². The van der Waals surface area contributed by atoms with Crippen LogP contribution in [-0.2, 0) is 12.7 Å². The summed E-state index contributed by atoms with van der Waals surface area (Å²) in [6, 6.07) is 7.11. The van der Waals surface area contributed by atoms with Gasteiger partial charge in [-0.15, -0.1) is 0 Å². The first-order valence-electron chi connectivity index (χ1n) is 11.9. The molecule has 0 bridgehead atoms. The summed E-state index contributed by atoms with van der Waals surface area (Å²) in [4.78, 5) is 32.7. The van der Waals surface area contributed by atoms with Crippen LogP contribution in [0, 0.1) is 18.6 Å². The highest BCUT2D eigenvalue weighted by Gasteiger charge is 2.31. The SMILES string of the molecule is Cc1cnccc1CN(CC(Oc1ccc(F)c(C(N)=O)c1F)c1nc(-c2ccc(C(F)(F)F)cc2)c(Br)o1)C(=O)[O-]. The van der Waals surface area contributed by atoms with Gasteiger partial charge in [0.15, 0.2) is 22.3 Å². The van der Waals surface area contributed by atoms with Crippen LogP contribution in [0.5, 0.6) is 5.75 Å². The van der Waals surface area contributed by atoms with Crippen molar-refractivity contribution in [2.24, 2.45) is 5.73 Å². The van der Waals surface area contributed by atoms with Gasteiger partial charge in [-0.25, -0.2) is 13.8 Å². The standard InChI is InChI=1S/C27H20BrF5N4O5/c1-13-10-35-9-8-15(13)11-37(26(39)40)12-19(41-18-7-6-17(29)20(21(18)30)24(34)38)25-36-22(23(28)42-25)14-2-4-16(5-3-14)27(31,32)33/h2-10,19H,11-12H2,1H3,(H2,34,38)(H,39,40)/p-1. The fourth-order valence-electron chi connectivity index (χ4n) is 3.91. The molecule has 0 spiro atoms. The highest BCUT2D eigenvalue weighted by Crippen LogP contribution is 2.36. The van der Waals surface area contributed by atoms with Crippen LogP contribution in [0.25, 0.3) is 11.3 Å². The number of oxazole rings is 1. The molecule has 15 heteroatoms. The summed E-state index contributed by atoms with van der Waals surface area (Å²) in [5, 5.41) is 12.1. The number of nitrogens with zero attached hydrogens (tertiary/aromatic N) is 3. The molecule has 2 aromatic heterocycles. The van der Waals surface area contributed by atoms with E-state index >= 15 is 4.39 Å². The highest BCUT2D eigenvalue weighted by molar-refractivity contribution is 9.10. The molecular formula is C27H19BrF5N4O5-. The fraction of sp³-hybridized carbons (Fsp3) is 0.185. The van der Waals surface area contributed by atoms with Gasteiger partial charge in [0.25, 0.3) is 5.91 Å². The molecule has 9 nitrogen and oxygen atoms in total. The number of carbonyl (C=O) groups is 2. The quantitative estimate of drug-likeness (QED) is 0.246. The Morgan fingerprint density at radius 3 is 2.43 bits per heavy atom. The molecule has 0 radical (unpaired) electrons. The second-order valence-corrected chi connectivity index (χ2v) is 9.62. The molecule has 0 fully saturated rings. The van der Waals surface area contributed by atoms with Crippen LogP contribution < -0.4 is 15.6 Å². The van der Waals surface area contributed by atoms with Crippen molar-refractivity contribution in [2.75, 3.05) is 6.54 Å². The van der Waals surface area contributed by atoms with E-state index in [9.17, 15) is 32.3 Å². The summed E-state index contributed by atoms with van der Waals surface area (Å²) in [6.45, 7) is 0.902. The summed E-state index contributed by atoms with van der Waals surface area (Å²) in [6.07, 6.45) is -4.80. The first kappa shape index (κ1) is 30.4. The van der Waals surface area contributed by atoms with Crippen LogP contribution in [0.3, 0.4) is 0 Å². The Hall–Kier alpha value is -4.53. The number of alkyl halides is 3. The van der Waals surface area contributed by atoms with Crippen LogP contribution in [-0.4, -0.2) is 33.4 Å². The van der Waals surface area contributed by atoms with Gasteiger partial charge in [0.05, 0.1) is 12.1 Å². The van der Waals surface area contributed by atoms with E-state index < -0.39 is 59.3 Å². The second kappa shape index (κ2) is 12.1. The summed E-state index contributed by atoms with van der Waals surface area (Å²) < 4.78 is 79.4. The van der Waals surface area contributed by atoms with Crippen molar-refractivity contribution in [3.8, 4) is 17.0 Å². The number of carbonyl (C=O) groups excluding carboxylic acids is 2. The number of primary amides is 1. The summed E-state index contributed by atoms with van der Waals surface area (Å²) >= 11 is 3.14. The first-order valence-corrected chi connectivity index (χ1v) is 12.7. The predicted octanol–water partition coefficient (Wildman–Crippen LogP) is 5.17. The number of aromatic nitrogens is 2. The van der Waals surface area contributed by atoms with E-state index in [-0.39, 0.29) is 28.4 Å². The van der Waals surface area contributed by atoms with Gasteiger partial charge in [0.2, 0.25) is 5.89 Å². The number of hydrogen-bond donors (Lipinski definition) is 1. The van der Waals surface area contributed by atoms with Gasteiger partial charge in [-0.05, 0) is 64.3 Å². The lowest BCUT2D eigenvalue weighted by molar-refractivity contribution is -0.267. The number of pyridine rings is 1. The van der Waals surface area contributed by atoms with E-state index in [1.54, 1.807) is 13.0 Å². The van der Waals surface area contributed by atoms with Gasteiger partial charge in [-0.1, -0.05) is 12.1 Å². The molecule has 1 atom stereocenters. The van der Waals surface area contributed by atoms with E-state index in [0.717, 1.165) is 41.3 Å². The smallest absolute Gasteiger partial charge is 0.416 e. The molecule has 4 aromatic rings. The van der Waals surface area contributed by atoms with Crippen molar-refractivity contribution in [1.82, 2.24) is 14.9 Å². The molecule has 42 heavy (non-hydrogen) atoms. The molecule has 0 saturated carbocycles. The third kappa shape index (κ3) is 6.67. The molecule has 0 aliphatic rings. The third-order valence-corrected chi connectivity index (χ3v) is 6.61. The normalized spacial score (nSPS) is 12.2. The molecule has 0 aliphatic heterocycles. The Balaban J connectivity index is 1.75. The van der Waals surface area contributed by atoms with Crippen LogP contribution in [0.15, 0.2) is 63.9 Å². The zero-order valence-corrected chi connectivity index (χ0v) is 23.0. The van der Waals surface area contributed by atoms with Gasteiger partial charge in [0, 0.05) is 24.5 Å². The maximum atomic E-state index is 15.1. The van der Waals surface area contributed by atoms with E-state index in [4.69, 9.17) is 14.9 Å². The Morgan fingerprint density at radius 1 is 1.14 bits per heavy atom. The largest absolute Gasteiger partial charge is 0.530 e. The summed E-state index contributed by atoms with van der Waals surface area (Å²) in [5.41, 5.74) is 4.52. The van der Waals surface area contributed by atoms with Gasteiger partial charge >= 0.3 is 6.18 Å². The number of ether oxygens (including phenoxy) is 1. The third-order valence-electron chi connectivity index (χ3n) is 6.08. The lowest BCUT2D eigenvalue weighted by Crippen LogP contribution is -2.43. The average molecular weight is 654 g/mol. The Labute approximate surface area is 242 Å². The average Bonchev–Trinajstić information content (AvgIpc) is 3.31. The number of rotatable bonds is 9. The van der Waals surface area contributed by atoms with E-state index in [2.05, 4.69) is 25.9 Å². The van der Waals surface area contributed by atoms with E-state index in [1.165, 1.54) is 12.4 Å². The molecule has 2 N–H and O–H groups in total. The Morgan fingerprint density at radius 2 is 1.83 bits per heavy atom. The Bertz CT molecular complexity index is 1630. The molecule has 4 rings (SSSR count). The molecule has 220 valence electrons. The molecule has 2 amide bonds. The first-order chi connectivity index (χ1) is 19.8. The predicted molar refractivity (Wildman–Crippen MR) is 138 cm³/mol. The van der Waals surface area contributed by atoms with Crippen LogP contribution in [0.4, 0.5) is 26.7 Å². The van der Waals surface area contributed by atoms with Crippen molar-refractivity contribution in [3.63, 3.8) is 0 Å². The minimum Gasteiger partial charge on any atom is -0.530 e. The topological polar surface area (TPSA) is 135 Å². The van der Waals surface area contributed by atoms with Crippen LogP contribution >= 0.6 is 15.9 Å². The summed E-state index contributed by atoms with van der Waals surface area (Å²) in [5.74, 6) is -5.14. The van der Waals surface area contributed by atoms with Gasteiger partial charge in [-0.2, -0.15) is 13.2 Å². The van der Waals surface area contributed by atoms with Gasteiger partial charge in [0.1, 0.15) is 23.2 Å². The minimum atomic E-state index is -4.58. The van der Waals surface area contributed by atoms with Gasteiger partial charge in [-0.3, -0.25) is 9.78 Å². The molecule has 2 heterocycles. The lowest BCUT2D eigenvalue weighted by Gasteiger charge is -2.29. The van der Waals surface area contributed by atoms with E-state index in [0.29, 0.717) is 11.1 Å². The zero-order valence-electron chi connectivity index (χ0n) is 21.4. The zero-order chi connectivity index (χ0) is 30.8. The second-order valence-electron chi connectivity index (χ2n) is 8.90. The number of hydrogen-bond acceptors (Lipinski definition) is 7. The van der Waals surface area contributed by atoms with Gasteiger partial charge < -0.3 is 29.7 Å². The number of benzene rings is 2. The minimum absolute atomic E-state index is 0.0229. The number of carboxylic acid groups (broad SMARTS) is 1. The van der Waals surface area contributed by atoms with Crippen molar-refractivity contribution < 1.29 is 45.8 Å². The maximum Gasteiger partial charge on any atom is 0.416 e. The molecule has 0 saturated heterocycles. The maximum absolute atomic E-state index is 15.1. The number of aryl methyl sites for hydroxylation is 1. The molecule has 2 aromatic carbocycles. The van der Waals surface area contributed by atoms with Crippen molar-refractivity contribution in [1.29, 1.82) is 0 Å². The fourth-order valence-corrected chi connectivity index (χ4v) is 4.39. The van der Waals surface area contributed by atoms with Crippen molar-refractivity contribution in [2.45, 2.75) is 25.7 Å². The van der Waals surface area contributed by atoms with Crippen LogP contribution in [0.1, 0.15) is 39.0 Å². The molecule has 0 aliphatic carbocycles. The van der Waals surface area contributed by atoms with Crippen molar-refractivity contribution >= 4 is 27.9 Å². The number of nitrogens with two attached hydrogens (primary N) is 1. The van der Waals surface area contributed by atoms with Crippen molar-refractivity contribution in [3.05, 3.63) is 99.3 Å². The monoisotopic (exact) mass is 653 g/mol. The summed E-state index contributed by atoms with van der Waals surface area (Å²) in [7, 11) is 0. The number of amides is 2. The Kier molecular flexibility index (Phi) is 8.80. The number of halogens is 6. The lowest BCUT2D eigenvalue weighted by atomic mass is 10.1.